The Morgan fingerprint density at radius 1 is 0.500 bits per heavy atom. The van der Waals surface area contributed by atoms with Crippen LogP contribution in [0.5, 0.6) is 0 Å². The van der Waals surface area contributed by atoms with Gasteiger partial charge >= 0.3 is 0 Å². The lowest BCUT2D eigenvalue weighted by Crippen LogP contribution is -2.03. The SMILES string of the molecule is C.C1CCNC1.C1CCNC1.C1CCOC1.C1CCSC1.C1COCO1. The Morgan fingerprint density at radius 2 is 0.962 bits per heavy atom. The van der Waals surface area contributed by atoms with E-state index in [1.54, 1.807) is 0 Å². The van der Waals surface area contributed by atoms with E-state index in [4.69, 9.17) is 14.2 Å². The Bertz CT molecular complexity index is 145. The Hall–Kier alpha value is 0.150. The van der Waals surface area contributed by atoms with E-state index in [1.807, 2.05) is 0 Å². The van der Waals surface area contributed by atoms with E-state index in [-0.39, 0.29) is 7.43 Å². The van der Waals surface area contributed by atoms with E-state index in [1.165, 1.54) is 89.1 Å². The topological polar surface area (TPSA) is 51.8 Å². The number of nitrogens with one attached hydrogen (secondary N) is 2. The van der Waals surface area contributed by atoms with Crippen molar-refractivity contribution in [3.05, 3.63) is 0 Å². The second-order valence-electron chi connectivity index (χ2n) is 6.49. The molecule has 0 aliphatic carbocycles. The first kappa shape index (κ1) is 26.1. The van der Waals surface area contributed by atoms with Crippen LogP contribution in [0.15, 0.2) is 0 Å². The van der Waals surface area contributed by atoms with Crippen molar-refractivity contribution in [2.45, 2.75) is 58.8 Å². The third-order valence-corrected chi connectivity index (χ3v) is 5.26. The predicted molar refractivity (Wildman–Crippen MR) is 114 cm³/mol. The zero-order chi connectivity index (χ0) is 17.7. The van der Waals surface area contributed by atoms with Crippen LogP contribution in [0.2, 0.25) is 0 Å². The Morgan fingerprint density at radius 3 is 1.12 bits per heavy atom. The summed E-state index contributed by atoms with van der Waals surface area (Å²) in [6.07, 6.45) is 11.0. The minimum absolute atomic E-state index is 0. The third kappa shape index (κ3) is 20.5. The molecule has 0 radical (unpaired) electrons. The van der Waals surface area contributed by atoms with Gasteiger partial charge in [-0.1, -0.05) is 7.43 Å². The molecular formula is C20H44N2O3S. The molecule has 5 rings (SSSR count). The van der Waals surface area contributed by atoms with Crippen molar-refractivity contribution in [2.75, 3.05) is 70.9 Å². The van der Waals surface area contributed by atoms with Crippen LogP contribution >= 0.6 is 11.8 Å². The van der Waals surface area contributed by atoms with E-state index in [0.717, 1.165) is 26.4 Å². The van der Waals surface area contributed by atoms with Gasteiger partial charge in [-0.05, 0) is 89.1 Å². The zero-order valence-corrected chi connectivity index (χ0v) is 16.9. The van der Waals surface area contributed by atoms with Crippen LogP contribution in [0.3, 0.4) is 0 Å². The van der Waals surface area contributed by atoms with Crippen LogP contribution in [0.1, 0.15) is 58.8 Å². The summed E-state index contributed by atoms with van der Waals surface area (Å²) in [5.41, 5.74) is 0. The standard InChI is InChI=1S/2C4H9N.C4H8O.C4H8S.C3H6O2.CH4/c4*1-2-4-5-3-1;1-2-5-3-4-1;/h2*5H,1-4H2;2*1-4H2;1-3H2;1H4. The molecule has 0 atom stereocenters. The summed E-state index contributed by atoms with van der Waals surface area (Å²) in [5, 5.41) is 6.44. The number of ether oxygens (including phenoxy) is 3. The van der Waals surface area contributed by atoms with Crippen molar-refractivity contribution < 1.29 is 14.2 Å². The number of thioether (sulfide) groups is 1. The first-order chi connectivity index (χ1) is 12.5. The van der Waals surface area contributed by atoms with E-state index in [2.05, 4.69) is 22.4 Å². The molecule has 0 unspecified atom stereocenters. The molecule has 26 heavy (non-hydrogen) atoms. The lowest BCUT2D eigenvalue weighted by atomic mass is 10.4. The molecule has 0 aromatic heterocycles. The molecule has 0 aromatic rings. The molecule has 0 aromatic carbocycles. The van der Waals surface area contributed by atoms with Gasteiger partial charge < -0.3 is 24.8 Å². The van der Waals surface area contributed by atoms with Crippen molar-refractivity contribution in [1.82, 2.24) is 10.6 Å². The molecule has 0 saturated carbocycles. The molecule has 0 bridgehead atoms. The summed E-state index contributed by atoms with van der Waals surface area (Å²) in [5.74, 6) is 2.83. The fourth-order valence-corrected chi connectivity index (χ4v) is 3.59. The van der Waals surface area contributed by atoms with Gasteiger partial charge in [0.1, 0.15) is 6.79 Å². The van der Waals surface area contributed by atoms with Crippen molar-refractivity contribution in [3.8, 4) is 0 Å². The second kappa shape index (κ2) is 23.2. The van der Waals surface area contributed by atoms with Gasteiger partial charge in [0.2, 0.25) is 0 Å². The minimum atomic E-state index is 0. The van der Waals surface area contributed by atoms with E-state index in [9.17, 15) is 0 Å². The van der Waals surface area contributed by atoms with Crippen LogP contribution < -0.4 is 10.6 Å². The first-order valence-electron chi connectivity index (χ1n) is 10.2. The summed E-state index contributed by atoms with van der Waals surface area (Å²) in [6.45, 7) is 9.06. The highest BCUT2D eigenvalue weighted by Gasteiger charge is 1.96. The largest absolute Gasteiger partial charge is 0.381 e. The van der Waals surface area contributed by atoms with Crippen molar-refractivity contribution >= 4 is 11.8 Å². The molecule has 5 saturated heterocycles. The van der Waals surface area contributed by atoms with Crippen LogP contribution in [0.25, 0.3) is 0 Å². The monoisotopic (exact) mass is 392 g/mol. The normalized spacial score (nSPS) is 23.1. The highest BCUT2D eigenvalue weighted by Crippen LogP contribution is 2.14. The number of rotatable bonds is 0. The molecule has 5 heterocycles. The maximum absolute atomic E-state index is 4.94. The average molecular weight is 393 g/mol. The quantitative estimate of drug-likeness (QED) is 0.656. The summed E-state index contributed by atoms with van der Waals surface area (Å²) >= 11 is 2.07. The lowest BCUT2D eigenvalue weighted by Gasteiger charge is -1.76. The molecule has 158 valence electrons. The van der Waals surface area contributed by atoms with Crippen molar-refractivity contribution in [3.63, 3.8) is 0 Å². The van der Waals surface area contributed by atoms with E-state index < -0.39 is 0 Å². The van der Waals surface area contributed by atoms with Gasteiger partial charge in [0, 0.05) is 13.2 Å². The zero-order valence-electron chi connectivity index (χ0n) is 16.1. The molecule has 5 nitrogen and oxygen atoms in total. The Labute approximate surface area is 166 Å². The number of hydrogen-bond acceptors (Lipinski definition) is 6. The highest BCUT2D eigenvalue weighted by atomic mass is 32.2. The maximum Gasteiger partial charge on any atom is 0.146 e. The molecule has 5 aliphatic heterocycles. The predicted octanol–water partition coefficient (Wildman–Crippen LogP) is 3.68. The summed E-state index contributed by atoms with van der Waals surface area (Å²) < 4.78 is 14.4. The van der Waals surface area contributed by atoms with Gasteiger partial charge in [-0.3, -0.25) is 0 Å². The van der Waals surface area contributed by atoms with E-state index >= 15 is 0 Å². The van der Waals surface area contributed by atoms with Gasteiger partial charge in [-0.25, -0.2) is 0 Å². The summed E-state index contributed by atoms with van der Waals surface area (Å²) in [4.78, 5) is 0. The van der Waals surface area contributed by atoms with Crippen LogP contribution in [0.4, 0.5) is 0 Å². The van der Waals surface area contributed by atoms with Gasteiger partial charge in [-0.15, -0.1) is 0 Å². The molecule has 2 N–H and O–H groups in total. The average Bonchev–Trinajstić information content (AvgIpc) is 3.55. The fraction of sp³-hybridized carbons (Fsp3) is 1.00. The molecule has 0 spiro atoms. The van der Waals surface area contributed by atoms with Gasteiger partial charge in [0.05, 0.1) is 13.2 Å². The third-order valence-electron chi connectivity index (χ3n) is 4.11. The lowest BCUT2D eigenvalue weighted by molar-refractivity contribution is 0.0692. The molecule has 5 aliphatic rings. The number of hydrogen-bond donors (Lipinski definition) is 2. The summed E-state index contributed by atoms with van der Waals surface area (Å²) in [7, 11) is 0. The van der Waals surface area contributed by atoms with E-state index in [0.29, 0.717) is 6.79 Å². The van der Waals surface area contributed by atoms with Gasteiger partial charge in [0.25, 0.3) is 0 Å². The van der Waals surface area contributed by atoms with Crippen LogP contribution in [-0.4, -0.2) is 70.9 Å². The molecule has 0 amide bonds. The smallest absolute Gasteiger partial charge is 0.146 e. The van der Waals surface area contributed by atoms with Crippen molar-refractivity contribution in [2.24, 2.45) is 0 Å². The first-order valence-corrected chi connectivity index (χ1v) is 11.4. The fourth-order valence-electron chi connectivity index (χ4n) is 2.57. The highest BCUT2D eigenvalue weighted by molar-refractivity contribution is 7.99. The van der Waals surface area contributed by atoms with Crippen LogP contribution in [0, 0.1) is 0 Å². The van der Waals surface area contributed by atoms with Gasteiger partial charge in [-0.2, -0.15) is 11.8 Å². The Kier molecular flexibility index (Phi) is 23.3. The minimum Gasteiger partial charge on any atom is -0.381 e. The van der Waals surface area contributed by atoms with Gasteiger partial charge in [0.15, 0.2) is 0 Å². The van der Waals surface area contributed by atoms with Crippen LogP contribution in [-0.2, 0) is 14.2 Å². The summed E-state index contributed by atoms with van der Waals surface area (Å²) in [6, 6.07) is 0. The maximum atomic E-state index is 4.94. The van der Waals surface area contributed by atoms with Crippen molar-refractivity contribution in [1.29, 1.82) is 0 Å². The molecule has 5 fully saturated rings. The Balaban J connectivity index is 0.000000298. The second-order valence-corrected chi connectivity index (χ2v) is 7.71. The molecular weight excluding hydrogens is 348 g/mol. The molecule has 6 heteroatoms.